The van der Waals surface area contributed by atoms with Crippen LogP contribution in [0.3, 0.4) is 0 Å². The molecule has 3 heterocycles. The van der Waals surface area contributed by atoms with Crippen molar-refractivity contribution in [2.24, 2.45) is 0 Å². The molecule has 0 bridgehead atoms. The van der Waals surface area contributed by atoms with Crippen molar-refractivity contribution in [3.63, 3.8) is 0 Å². The molecule has 1 aliphatic rings. The molecule has 0 saturated carbocycles. The summed E-state index contributed by atoms with van der Waals surface area (Å²) in [6.45, 7) is 4.86. The van der Waals surface area contributed by atoms with Crippen LogP contribution in [0.25, 0.3) is 0 Å². The van der Waals surface area contributed by atoms with Crippen molar-refractivity contribution in [1.82, 2.24) is 29.7 Å². The molecule has 1 N–H and O–H groups in total. The molecule has 0 aromatic carbocycles. The average molecular weight is 290 g/mol. The summed E-state index contributed by atoms with van der Waals surface area (Å²) in [6, 6.07) is 0.346. The lowest BCUT2D eigenvalue weighted by molar-refractivity contribution is 0.291. The first-order chi connectivity index (χ1) is 10.3. The van der Waals surface area contributed by atoms with Crippen molar-refractivity contribution in [2.45, 2.75) is 26.4 Å². The van der Waals surface area contributed by atoms with Crippen molar-refractivity contribution in [1.29, 1.82) is 0 Å². The zero-order valence-corrected chi connectivity index (χ0v) is 12.2. The Labute approximate surface area is 122 Å². The highest BCUT2D eigenvalue weighted by molar-refractivity contribution is 5.38. The van der Waals surface area contributed by atoms with Gasteiger partial charge in [0.15, 0.2) is 5.82 Å². The number of ether oxygens (including phenoxy) is 1. The summed E-state index contributed by atoms with van der Waals surface area (Å²) in [5, 5.41) is 11.0. The van der Waals surface area contributed by atoms with E-state index in [9.17, 15) is 0 Å². The quantitative estimate of drug-likeness (QED) is 0.841. The maximum Gasteiger partial charge on any atom is 0.323 e. The number of nitrogens with zero attached hydrogens (tertiary/aromatic N) is 7. The number of anilines is 2. The first kappa shape index (κ1) is 13.5. The molecule has 0 fully saturated rings. The van der Waals surface area contributed by atoms with Gasteiger partial charge in [0, 0.05) is 20.1 Å². The average Bonchev–Trinajstić information content (AvgIpc) is 3.00. The van der Waals surface area contributed by atoms with Crippen molar-refractivity contribution in [3.8, 4) is 6.01 Å². The van der Waals surface area contributed by atoms with E-state index in [1.165, 1.54) is 0 Å². The molecule has 0 amide bonds. The van der Waals surface area contributed by atoms with Gasteiger partial charge in [0.25, 0.3) is 0 Å². The molecule has 2 aromatic rings. The van der Waals surface area contributed by atoms with Crippen molar-refractivity contribution < 1.29 is 4.74 Å². The lowest BCUT2D eigenvalue weighted by atomic mass is 10.4. The minimum absolute atomic E-state index is 0.346. The van der Waals surface area contributed by atoms with E-state index in [0.29, 0.717) is 31.1 Å². The third kappa shape index (κ3) is 2.86. The van der Waals surface area contributed by atoms with Gasteiger partial charge in [0.1, 0.15) is 6.33 Å². The molecule has 21 heavy (non-hydrogen) atoms. The van der Waals surface area contributed by atoms with Crippen LogP contribution in [0.5, 0.6) is 6.01 Å². The Bertz CT molecular complexity index is 613. The second kappa shape index (κ2) is 5.90. The molecule has 112 valence electrons. The van der Waals surface area contributed by atoms with Crippen LogP contribution in [0, 0.1) is 0 Å². The lowest BCUT2D eigenvalue weighted by Crippen LogP contribution is -2.35. The number of hydrogen-bond acceptors (Lipinski definition) is 8. The Balaban J connectivity index is 1.84. The van der Waals surface area contributed by atoms with Crippen LogP contribution in [0.1, 0.15) is 19.2 Å². The van der Waals surface area contributed by atoms with Crippen LogP contribution in [-0.4, -0.2) is 49.9 Å². The summed E-state index contributed by atoms with van der Waals surface area (Å²) in [7, 11) is 1.77. The predicted molar refractivity (Wildman–Crippen MR) is 76.2 cm³/mol. The topological polar surface area (TPSA) is 93.9 Å². The van der Waals surface area contributed by atoms with E-state index in [0.717, 1.165) is 25.3 Å². The van der Waals surface area contributed by atoms with E-state index < -0.39 is 0 Å². The Morgan fingerprint density at radius 3 is 3.00 bits per heavy atom. The summed E-state index contributed by atoms with van der Waals surface area (Å²) < 4.78 is 7.55. The second-order valence-electron chi connectivity index (χ2n) is 4.70. The van der Waals surface area contributed by atoms with Crippen molar-refractivity contribution >= 4 is 11.9 Å². The molecule has 1 aliphatic heterocycles. The van der Waals surface area contributed by atoms with Gasteiger partial charge in [0.2, 0.25) is 11.9 Å². The van der Waals surface area contributed by atoms with Crippen LogP contribution < -0.4 is 15.0 Å². The van der Waals surface area contributed by atoms with Gasteiger partial charge in [-0.15, -0.1) is 10.2 Å². The van der Waals surface area contributed by atoms with E-state index in [2.05, 4.69) is 30.5 Å². The van der Waals surface area contributed by atoms with Gasteiger partial charge in [0.05, 0.1) is 13.2 Å². The minimum atomic E-state index is 0.346. The fourth-order valence-corrected chi connectivity index (χ4v) is 2.09. The summed E-state index contributed by atoms with van der Waals surface area (Å²) in [4.78, 5) is 15.0. The number of nitrogens with one attached hydrogen (secondary N) is 1. The molecule has 2 aromatic heterocycles. The van der Waals surface area contributed by atoms with Gasteiger partial charge in [-0.2, -0.15) is 15.0 Å². The van der Waals surface area contributed by atoms with Crippen LogP contribution in [0.2, 0.25) is 0 Å². The maximum atomic E-state index is 5.52. The zero-order valence-electron chi connectivity index (χ0n) is 12.2. The van der Waals surface area contributed by atoms with E-state index in [1.54, 1.807) is 13.4 Å². The fourth-order valence-electron chi connectivity index (χ4n) is 2.09. The highest BCUT2D eigenvalue weighted by Gasteiger charge is 2.21. The Kier molecular flexibility index (Phi) is 3.80. The number of hydrogen-bond donors (Lipinski definition) is 1. The van der Waals surface area contributed by atoms with Crippen molar-refractivity contribution in [2.75, 3.05) is 30.4 Å². The van der Waals surface area contributed by atoms with Gasteiger partial charge >= 0.3 is 6.01 Å². The lowest BCUT2D eigenvalue weighted by Gasteiger charge is -2.27. The Hall–Kier alpha value is -2.45. The zero-order chi connectivity index (χ0) is 14.7. The van der Waals surface area contributed by atoms with Gasteiger partial charge in [-0.3, -0.25) is 0 Å². The summed E-state index contributed by atoms with van der Waals surface area (Å²) in [6.07, 6.45) is 2.65. The predicted octanol–water partition coefficient (Wildman–Crippen LogP) is 0.314. The highest BCUT2D eigenvalue weighted by Crippen LogP contribution is 2.19. The van der Waals surface area contributed by atoms with Crippen LogP contribution >= 0.6 is 0 Å². The molecule has 3 rings (SSSR count). The number of fused-ring (bicyclic) bond motifs is 1. The SMILES string of the molecule is CCCOc1nc(NC)nc(N2CCn3cnnc3C2)n1. The minimum Gasteiger partial charge on any atom is -0.463 e. The largest absolute Gasteiger partial charge is 0.463 e. The van der Waals surface area contributed by atoms with Gasteiger partial charge in [-0.25, -0.2) is 0 Å². The molecule has 0 spiro atoms. The first-order valence-corrected chi connectivity index (χ1v) is 6.98. The van der Waals surface area contributed by atoms with Gasteiger partial charge in [-0.1, -0.05) is 6.92 Å². The van der Waals surface area contributed by atoms with Gasteiger partial charge in [-0.05, 0) is 6.42 Å². The standard InChI is InChI=1S/C12H18N8O/c1-3-6-21-12-16-10(13-2)15-11(17-12)19-4-5-20-8-14-18-9(20)7-19/h8H,3-7H2,1-2H3,(H,13,15,16,17). The monoisotopic (exact) mass is 290 g/mol. The molecule has 0 saturated heterocycles. The Morgan fingerprint density at radius 2 is 2.19 bits per heavy atom. The molecule has 0 aliphatic carbocycles. The van der Waals surface area contributed by atoms with E-state index in [1.807, 2.05) is 16.4 Å². The summed E-state index contributed by atoms with van der Waals surface area (Å²) in [5.74, 6) is 2.00. The number of aromatic nitrogens is 6. The normalized spacial score (nSPS) is 13.9. The van der Waals surface area contributed by atoms with E-state index >= 15 is 0 Å². The molecule has 0 radical (unpaired) electrons. The van der Waals surface area contributed by atoms with Crippen molar-refractivity contribution in [3.05, 3.63) is 12.2 Å². The maximum absolute atomic E-state index is 5.52. The van der Waals surface area contributed by atoms with Gasteiger partial charge < -0.3 is 19.5 Å². The molecule has 0 unspecified atom stereocenters. The molecule has 0 atom stereocenters. The molecule has 9 heteroatoms. The number of rotatable bonds is 5. The molecule has 9 nitrogen and oxygen atoms in total. The summed E-state index contributed by atoms with van der Waals surface area (Å²) >= 11 is 0. The third-order valence-corrected chi connectivity index (χ3v) is 3.18. The summed E-state index contributed by atoms with van der Waals surface area (Å²) in [5.41, 5.74) is 0. The fraction of sp³-hybridized carbons (Fsp3) is 0.583. The van der Waals surface area contributed by atoms with Crippen LogP contribution in [-0.2, 0) is 13.1 Å². The van der Waals surface area contributed by atoms with E-state index in [-0.39, 0.29) is 0 Å². The van der Waals surface area contributed by atoms with Crippen LogP contribution in [0.15, 0.2) is 6.33 Å². The molecular weight excluding hydrogens is 272 g/mol. The highest BCUT2D eigenvalue weighted by atomic mass is 16.5. The van der Waals surface area contributed by atoms with Crippen LogP contribution in [0.4, 0.5) is 11.9 Å². The van der Waals surface area contributed by atoms with E-state index in [4.69, 9.17) is 4.74 Å². The first-order valence-electron chi connectivity index (χ1n) is 6.98. The Morgan fingerprint density at radius 1 is 1.29 bits per heavy atom. The second-order valence-corrected chi connectivity index (χ2v) is 4.70. The smallest absolute Gasteiger partial charge is 0.323 e. The third-order valence-electron chi connectivity index (χ3n) is 3.18. The molecular formula is C12H18N8O.